The SMILES string of the molecule is COCC(COC)OCC(C)=O. The van der Waals surface area contributed by atoms with Crippen LogP contribution in [0, 0.1) is 0 Å². The van der Waals surface area contributed by atoms with Gasteiger partial charge in [0.2, 0.25) is 0 Å². The Labute approximate surface area is 72.8 Å². The van der Waals surface area contributed by atoms with E-state index in [4.69, 9.17) is 14.2 Å². The lowest BCUT2D eigenvalue weighted by molar-refractivity contribution is -0.126. The van der Waals surface area contributed by atoms with Gasteiger partial charge in [0.15, 0.2) is 5.78 Å². The van der Waals surface area contributed by atoms with E-state index in [9.17, 15) is 4.79 Å². The number of rotatable bonds is 7. The van der Waals surface area contributed by atoms with Crippen LogP contribution in [0.2, 0.25) is 0 Å². The molecule has 0 fully saturated rings. The quantitative estimate of drug-likeness (QED) is 0.558. The van der Waals surface area contributed by atoms with Crippen molar-refractivity contribution in [2.24, 2.45) is 0 Å². The number of ketones is 1. The normalized spacial score (nSPS) is 10.7. The molecule has 0 aliphatic carbocycles. The molecule has 12 heavy (non-hydrogen) atoms. The second-order valence-corrected chi connectivity index (χ2v) is 2.55. The van der Waals surface area contributed by atoms with Gasteiger partial charge in [0, 0.05) is 14.2 Å². The first-order valence-corrected chi connectivity index (χ1v) is 3.79. The zero-order chi connectivity index (χ0) is 9.40. The molecule has 0 spiro atoms. The van der Waals surface area contributed by atoms with Crippen LogP contribution in [-0.2, 0) is 19.0 Å². The highest BCUT2D eigenvalue weighted by Crippen LogP contribution is 1.93. The minimum Gasteiger partial charge on any atom is -0.382 e. The molecule has 0 unspecified atom stereocenters. The minimum atomic E-state index is -0.149. The van der Waals surface area contributed by atoms with E-state index in [0.29, 0.717) is 13.2 Å². The molecule has 0 aliphatic rings. The van der Waals surface area contributed by atoms with E-state index in [1.54, 1.807) is 14.2 Å². The third-order valence-corrected chi connectivity index (χ3v) is 1.23. The van der Waals surface area contributed by atoms with Crippen molar-refractivity contribution >= 4 is 5.78 Å². The molecule has 0 radical (unpaired) electrons. The molecule has 0 aromatic heterocycles. The molecule has 72 valence electrons. The molecule has 0 heterocycles. The molecule has 4 heteroatoms. The van der Waals surface area contributed by atoms with Gasteiger partial charge in [-0.2, -0.15) is 0 Å². The topological polar surface area (TPSA) is 44.8 Å². The molecule has 0 bridgehead atoms. The Kier molecular flexibility index (Phi) is 6.94. The fourth-order valence-corrected chi connectivity index (χ4v) is 0.751. The van der Waals surface area contributed by atoms with Gasteiger partial charge in [-0.1, -0.05) is 0 Å². The number of hydrogen-bond acceptors (Lipinski definition) is 4. The molecule has 0 aromatic rings. The lowest BCUT2D eigenvalue weighted by atomic mass is 10.4. The van der Waals surface area contributed by atoms with E-state index >= 15 is 0 Å². The summed E-state index contributed by atoms with van der Waals surface area (Å²) in [6.07, 6.45) is -0.149. The smallest absolute Gasteiger partial charge is 0.155 e. The van der Waals surface area contributed by atoms with Crippen LogP contribution in [0.5, 0.6) is 0 Å². The lowest BCUT2D eigenvalue weighted by Gasteiger charge is -2.14. The highest BCUT2D eigenvalue weighted by Gasteiger charge is 2.08. The maximum absolute atomic E-state index is 10.6. The number of methoxy groups -OCH3 is 2. The fraction of sp³-hybridized carbons (Fsp3) is 0.875. The molecule has 4 nitrogen and oxygen atoms in total. The van der Waals surface area contributed by atoms with Gasteiger partial charge in [0.1, 0.15) is 12.7 Å². The van der Waals surface area contributed by atoms with E-state index in [1.165, 1.54) is 6.92 Å². The number of Topliss-reactive ketones (excluding diaryl/α,β-unsaturated/α-hetero) is 1. The molecular weight excluding hydrogens is 160 g/mol. The van der Waals surface area contributed by atoms with Crippen LogP contribution in [0.25, 0.3) is 0 Å². The summed E-state index contributed by atoms with van der Waals surface area (Å²) in [5, 5.41) is 0. The Morgan fingerprint density at radius 1 is 1.25 bits per heavy atom. The third-order valence-electron chi connectivity index (χ3n) is 1.23. The van der Waals surface area contributed by atoms with E-state index in [1.807, 2.05) is 0 Å². The monoisotopic (exact) mass is 176 g/mol. The number of hydrogen-bond donors (Lipinski definition) is 0. The fourth-order valence-electron chi connectivity index (χ4n) is 0.751. The number of carbonyl (C=O) groups is 1. The second-order valence-electron chi connectivity index (χ2n) is 2.55. The zero-order valence-corrected chi connectivity index (χ0v) is 7.83. The first-order valence-electron chi connectivity index (χ1n) is 3.79. The van der Waals surface area contributed by atoms with Crippen LogP contribution in [0.3, 0.4) is 0 Å². The maximum Gasteiger partial charge on any atom is 0.155 e. The standard InChI is InChI=1S/C8H16O4/c1-7(9)4-12-8(5-10-2)6-11-3/h8H,4-6H2,1-3H3. The van der Waals surface area contributed by atoms with Gasteiger partial charge >= 0.3 is 0 Å². The van der Waals surface area contributed by atoms with Crippen LogP contribution in [0.4, 0.5) is 0 Å². The molecular formula is C8H16O4. The summed E-state index contributed by atoms with van der Waals surface area (Å²) >= 11 is 0. The maximum atomic E-state index is 10.6. The van der Waals surface area contributed by atoms with E-state index in [2.05, 4.69) is 0 Å². The van der Waals surface area contributed by atoms with Gasteiger partial charge in [0.05, 0.1) is 13.2 Å². The molecule has 0 aliphatic heterocycles. The molecule has 0 atom stereocenters. The predicted molar refractivity (Wildman–Crippen MR) is 44.2 cm³/mol. The van der Waals surface area contributed by atoms with Crippen LogP contribution >= 0.6 is 0 Å². The summed E-state index contributed by atoms with van der Waals surface area (Å²) in [5.74, 6) is 0.00667. The average molecular weight is 176 g/mol. The molecule has 0 aromatic carbocycles. The summed E-state index contributed by atoms with van der Waals surface area (Å²) in [4.78, 5) is 10.6. The summed E-state index contributed by atoms with van der Waals surface area (Å²) < 4.78 is 14.9. The van der Waals surface area contributed by atoms with Gasteiger partial charge in [-0.3, -0.25) is 4.79 Å². The van der Waals surface area contributed by atoms with Crippen LogP contribution in [0.15, 0.2) is 0 Å². The zero-order valence-electron chi connectivity index (χ0n) is 7.83. The average Bonchev–Trinajstić information content (AvgIpc) is 2.01. The van der Waals surface area contributed by atoms with Crippen LogP contribution < -0.4 is 0 Å². The predicted octanol–water partition coefficient (Wildman–Crippen LogP) is 0.253. The largest absolute Gasteiger partial charge is 0.382 e. The van der Waals surface area contributed by atoms with Crippen LogP contribution in [0.1, 0.15) is 6.92 Å². The Balaban J connectivity index is 3.54. The molecule has 0 N–H and O–H groups in total. The van der Waals surface area contributed by atoms with Crippen molar-refractivity contribution in [3.8, 4) is 0 Å². The lowest BCUT2D eigenvalue weighted by Crippen LogP contribution is -2.26. The third kappa shape index (κ3) is 6.27. The first kappa shape index (κ1) is 11.6. The summed E-state index contributed by atoms with van der Waals surface area (Å²) in [7, 11) is 3.17. The van der Waals surface area contributed by atoms with Gasteiger partial charge < -0.3 is 14.2 Å². The van der Waals surface area contributed by atoms with Gasteiger partial charge in [-0.25, -0.2) is 0 Å². The summed E-state index contributed by atoms with van der Waals surface area (Å²) in [5.41, 5.74) is 0. The molecule has 0 amide bonds. The van der Waals surface area contributed by atoms with Crippen molar-refractivity contribution in [2.75, 3.05) is 34.0 Å². The van der Waals surface area contributed by atoms with E-state index in [-0.39, 0.29) is 18.5 Å². The Hall–Kier alpha value is -0.450. The van der Waals surface area contributed by atoms with Gasteiger partial charge in [-0.05, 0) is 6.92 Å². The van der Waals surface area contributed by atoms with Crippen molar-refractivity contribution in [1.82, 2.24) is 0 Å². The highest BCUT2D eigenvalue weighted by molar-refractivity contribution is 5.76. The van der Waals surface area contributed by atoms with Crippen molar-refractivity contribution in [3.05, 3.63) is 0 Å². The van der Waals surface area contributed by atoms with Crippen molar-refractivity contribution in [1.29, 1.82) is 0 Å². The Morgan fingerprint density at radius 2 is 1.75 bits per heavy atom. The Bertz CT molecular complexity index is 118. The van der Waals surface area contributed by atoms with Crippen molar-refractivity contribution < 1.29 is 19.0 Å². The van der Waals surface area contributed by atoms with E-state index < -0.39 is 0 Å². The van der Waals surface area contributed by atoms with Crippen molar-refractivity contribution in [3.63, 3.8) is 0 Å². The van der Waals surface area contributed by atoms with Crippen LogP contribution in [-0.4, -0.2) is 45.9 Å². The van der Waals surface area contributed by atoms with E-state index in [0.717, 1.165) is 0 Å². The van der Waals surface area contributed by atoms with Crippen molar-refractivity contribution in [2.45, 2.75) is 13.0 Å². The van der Waals surface area contributed by atoms with Gasteiger partial charge in [0.25, 0.3) is 0 Å². The highest BCUT2D eigenvalue weighted by atomic mass is 16.6. The summed E-state index contributed by atoms with van der Waals surface area (Å²) in [6, 6.07) is 0. The molecule has 0 saturated carbocycles. The molecule has 0 saturated heterocycles. The Morgan fingerprint density at radius 3 is 2.08 bits per heavy atom. The minimum absolute atomic E-state index is 0.00667. The van der Waals surface area contributed by atoms with Gasteiger partial charge in [-0.15, -0.1) is 0 Å². The first-order chi connectivity index (χ1) is 5.70. The summed E-state index contributed by atoms with van der Waals surface area (Å²) in [6.45, 7) is 2.50. The number of ether oxygens (including phenoxy) is 3. The second kappa shape index (κ2) is 7.21. The molecule has 0 rings (SSSR count). The number of carbonyl (C=O) groups excluding carboxylic acids is 1.